The molecule has 1 aliphatic heterocycles. The third-order valence-corrected chi connectivity index (χ3v) is 5.41. The molecule has 0 spiro atoms. The summed E-state index contributed by atoms with van der Waals surface area (Å²) in [6, 6.07) is 24.2. The van der Waals surface area contributed by atoms with E-state index in [4.69, 9.17) is 0 Å². The minimum Gasteiger partial charge on any atom is -0.381 e. The molecule has 0 aliphatic carbocycles. The van der Waals surface area contributed by atoms with Gasteiger partial charge in [-0.2, -0.15) is 0 Å². The summed E-state index contributed by atoms with van der Waals surface area (Å²) < 4.78 is 0. The standard InChI is InChI=1S/C24H24N4O3/c29-24(20-9-5-2-6-10-20)27-13-11-26(12-14-27)22-15-21(16-23(17-22)28(30)31)25-18-19-7-3-1-4-8-19/h1-10,15-17,25H,11-14,18H2. The Hall–Kier alpha value is -3.87. The summed E-state index contributed by atoms with van der Waals surface area (Å²) in [6.45, 7) is 2.98. The molecule has 0 atom stereocenters. The Balaban J connectivity index is 1.45. The third-order valence-electron chi connectivity index (χ3n) is 5.41. The van der Waals surface area contributed by atoms with Gasteiger partial charge in [-0.3, -0.25) is 14.9 Å². The Labute approximate surface area is 181 Å². The van der Waals surface area contributed by atoms with Crippen LogP contribution in [0.2, 0.25) is 0 Å². The fourth-order valence-corrected chi connectivity index (χ4v) is 3.72. The van der Waals surface area contributed by atoms with E-state index >= 15 is 0 Å². The molecule has 3 aromatic carbocycles. The van der Waals surface area contributed by atoms with Gasteiger partial charge in [0.1, 0.15) is 0 Å². The topological polar surface area (TPSA) is 78.7 Å². The molecule has 1 N–H and O–H groups in total. The molecule has 158 valence electrons. The van der Waals surface area contributed by atoms with Gasteiger partial charge in [-0.15, -0.1) is 0 Å². The lowest BCUT2D eigenvalue weighted by Gasteiger charge is -2.36. The van der Waals surface area contributed by atoms with Crippen molar-refractivity contribution in [1.29, 1.82) is 0 Å². The van der Waals surface area contributed by atoms with E-state index in [9.17, 15) is 14.9 Å². The van der Waals surface area contributed by atoms with E-state index in [1.54, 1.807) is 12.1 Å². The number of non-ortho nitro benzene ring substituents is 1. The quantitative estimate of drug-likeness (QED) is 0.482. The second-order valence-electron chi connectivity index (χ2n) is 7.48. The van der Waals surface area contributed by atoms with Crippen molar-refractivity contribution in [3.63, 3.8) is 0 Å². The molecule has 1 saturated heterocycles. The number of nitro benzene ring substituents is 1. The Morgan fingerprint density at radius 3 is 2.19 bits per heavy atom. The number of hydrogen-bond donors (Lipinski definition) is 1. The maximum Gasteiger partial charge on any atom is 0.273 e. The van der Waals surface area contributed by atoms with Crippen molar-refractivity contribution in [2.45, 2.75) is 6.54 Å². The lowest BCUT2D eigenvalue weighted by molar-refractivity contribution is -0.384. The molecule has 3 aromatic rings. The predicted molar refractivity (Wildman–Crippen MR) is 121 cm³/mol. The zero-order valence-electron chi connectivity index (χ0n) is 17.1. The Morgan fingerprint density at radius 2 is 1.55 bits per heavy atom. The Bertz CT molecular complexity index is 1050. The zero-order valence-corrected chi connectivity index (χ0v) is 17.1. The van der Waals surface area contributed by atoms with Crippen LogP contribution in [0.4, 0.5) is 17.1 Å². The Morgan fingerprint density at radius 1 is 0.903 bits per heavy atom. The number of hydrogen-bond acceptors (Lipinski definition) is 5. The second kappa shape index (κ2) is 9.30. The average molecular weight is 416 g/mol. The molecular formula is C24H24N4O3. The van der Waals surface area contributed by atoms with Crippen LogP contribution in [0.15, 0.2) is 78.9 Å². The first-order valence-electron chi connectivity index (χ1n) is 10.3. The van der Waals surface area contributed by atoms with Crippen molar-refractivity contribution in [3.05, 3.63) is 100 Å². The molecule has 7 heteroatoms. The van der Waals surface area contributed by atoms with Crippen molar-refractivity contribution in [1.82, 2.24) is 4.90 Å². The first-order valence-corrected chi connectivity index (χ1v) is 10.3. The van der Waals surface area contributed by atoms with Crippen LogP contribution in [0.1, 0.15) is 15.9 Å². The number of rotatable bonds is 6. The van der Waals surface area contributed by atoms with Gasteiger partial charge in [-0.1, -0.05) is 48.5 Å². The number of amides is 1. The van der Waals surface area contributed by atoms with Crippen LogP contribution in [-0.4, -0.2) is 41.9 Å². The highest BCUT2D eigenvalue weighted by molar-refractivity contribution is 5.94. The first-order chi connectivity index (χ1) is 15.1. The third kappa shape index (κ3) is 5.01. The van der Waals surface area contributed by atoms with Crippen LogP contribution >= 0.6 is 0 Å². The smallest absolute Gasteiger partial charge is 0.273 e. The molecule has 1 aliphatic rings. The monoisotopic (exact) mass is 416 g/mol. The summed E-state index contributed by atoms with van der Waals surface area (Å²) >= 11 is 0. The van der Waals surface area contributed by atoms with Crippen LogP contribution in [0, 0.1) is 10.1 Å². The lowest BCUT2D eigenvalue weighted by atomic mass is 10.1. The SMILES string of the molecule is O=C(c1ccccc1)N1CCN(c2cc(NCc3ccccc3)cc([N+](=O)[O-])c2)CC1. The summed E-state index contributed by atoms with van der Waals surface area (Å²) in [7, 11) is 0. The van der Waals surface area contributed by atoms with Crippen LogP contribution in [0.3, 0.4) is 0 Å². The van der Waals surface area contributed by atoms with Crippen LogP contribution in [0.5, 0.6) is 0 Å². The van der Waals surface area contributed by atoms with E-state index in [1.165, 1.54) is 0 Å². The average Bonchev–Trinajstić information content (AvgIpc) is 2.83. The number of nitro groups is 1. The molecule has 31 heavy (non-hydrogen) atoms. The number of carbonyl (C=O) groups is 1. The van der Waals surface area contributed by atoms with E-state index in [0.717, 1.165) is 11.3 Å². The molecule has 1 heterocycles. The number of benzene rings is 3. The van der Waals surface area contributed by atoms with E-state index in [-0.39, 0.29) is 16.5 Å². The van der Waals surface area contributed by atoms with E-state index in [2.05, 4.69) is 10.2 Å². The van der Waals surface area contributed by atoms with Gasteiger partial charge >= 0.3 is 0 Å². The van der Waals surface area contributed by atoms with Crippen molar-refractivity contribution in [2.24, 2.45) is 0 Å². The summed E-state index contributed by atoms with van der Waals surface area (Å²) in [4.78, 5) is 27.7. The van der Waals surface area contributed by atoms with Gasteiger partial charge in [0.25, 0.3) is 11.6 Å². The number of piperazine rings is 1. The van der Waals surface area contributed by atoms with Crippen molar-refractivity contribution >= 4 is 23.0 Å². The maximum absolute atomic E-state index is 12.7. The zero-order chi connectivity index (χ0) is 21.6. The minimum absolute atomic E-state index is 0.0181. The highest BCUT2D eigenvalue weighted by Gasteiger charge is 2.23. The van der Waals surface area contributed by atoms with Gasteiger partial charge in [0.2, 0.25) is 0 Å². The normalized spacial score (nSPS) is 13.7. The molecular weight excluding hydrogens is 392 g/mol. The number of nitrogens with one attached hydrogen (secondary N) is 1. The van der Waals surface area contributed by atoms with Crippen molar-refractivity contribution in [2.75, 3.05) is 36.4 Å². The summed E-state index contributed by atoms with van der Waals surface area (Å²) in [5.41, 5.74) is 3.32. The molecule has 1 fully saturated rings. The lowest BCUT2D eigenvalue weighted by Crippen LogP contribution is -2.48. The minimum atomic E-state index is -0.369. The largest absolute Gasteiger partial charge is 0.381 e. The molecule has 4 rings (SSSR count). The van der Waals surface area contributed by atoms with Gasteiger partial charge in [-0.05, 0) is 23.8 Å². The molecule has 7 nitrogen and oxygen atoms in total. The van der Waals surface area contributed by atoms with Gasteiger partial charge in [0.15, 0.2) is 0 Å². The number of carbonyl (C=O) groups excluding carboxylic acids is 1. The maximum atomic E-state index is 12.7. The highest BCUT2D eigenvalue weighted by atomic mass is 16.6. The fourth-order valence-electron chi connectivity index (χ4n) is 3.72. The highest BCUT2D eigenvalue weighted by Crippen LogP contribution is 2.28. The van der Waals surface area contributed by atoms with Gasteiger partial charge in [0, 0.05) is 61.8 Å². The van der Waals surface area contributed by atoms with Crippen LogP contribution < -0.4 is 10.2 Å². The van der Waals surface area contributed by atoms with Gasteiger partial charge in [0.05, 0.1) is 4.92 Å². The fraction of sp³-hybridized carbons (Fsp3) is 0.208. The van der Waals surface area contributed by atoms with Gasteiger partial charge in [-0.25, -0.2) is 0 Å². The number of anilines is 2. The summed E-state index contributed by atoms with van der Waals surface area (Å²) in [6.07, 6.45) is 0. The summed E-state index contributed by atoms with van der Waals surface area (Å²) in [5, 5.41) is 14.8. The molecule has 0 saturated carbocycles. The molecule has 0 unspecified atom stereocenters. The molecule has 1 amide bonds. The van der Waals surface area contributed by atoms with Gasteiger partial charge < -0.3 is 15.1 Å². The first kappa shape index (κ1) is 20.4. The Kier molecular flexibility index (Phi) is 6.12. The van der Waals surface area contributed by atoms with E-state index in [0.29, 0.717) is 44.0 Å². The van der Waals surface area contributed by atoms with Crippen LogP contribution in [-0.2, 0) is 6.54 Å². The van der Waals surface area contributed by atoms with E-state index in [1.807, 2.05) is 71.6 Å². The number of nitrogens with zero attached hydrogens (tertiary/aromatic N) is 3. The second-order valence-corrected chi connectivity index (χ2v) is 7.48. The molecule has 0 bridgehead atoms. The summed E-state index contributed by atoms with van der Waals surface area (Å²) in [5.74, 6) is 0.0181. The molecule has 0 aromatic heterocycles. The van der Waals surface area contributed by atoms with Crippen LogP contribution in [0.25, 0.3) is 0 Å². The van der Waals surface area contributed by atoms with Crippen molar-refractivity contribution < 1.29 is 9.72 Å². The van der Waals surface area contributed by atoms with E-state index < -0.39 is 0 Å². The molecule has 0 radical (unpaired) electrons. The van der Waals surface area contributed by atoms with Crippen molar-refractivity contribution in [3.8, 4) is 0 Å². The predicted octanol–water partition coefficient (Wildman–Crippen LogP) is 4.17.